The average Bonchev–Trinajstić information content (AvgIpc) is 3.58. The fourth-order valence-corrected chi connectivity index (χ4v) is 6.98. The van der Waals surface area contributed by atoms with Crippen LogP contribution in [0.4, 0.5) is 11.4 Å². The van der Waals surface area contributed by atoms with E-state index in [4.69, 9.17) is 19.2 Å². The first-order chi connectivity index (χ1) is 24.1. The number of benzene rings is 3. The van der Waals surface area contributed by atoms with E-state index in [1.165, 1.54) is 49.3 Å². The van der Waals surface area contributed by atoms with Gasteiger partial charge in [-0.15, -0.1) is 11.3 Å². The molecule has 50 heavy (non-hydrogen) atoms. The molecule has 2 amide bonds. The van der Waals surface area contributed by atoms with Gasteiger partial charge in [-0.05, 0) is 61.9 Å². The molecule has 0 bridgehead atoms. The molecule has 0 aliphatic carbocycles. The molecule has 1 atom stereocenters. The molecule has 1 N–H and O–H groups in total. The molecule has 260 valence electrons. The minimum Gasteiger partial charge on any atom is -0.493 e. The van der Waals surface area contributed by atoms with Gasteiger partial charge in [0, 0.05) is 47.8 Å². The van der Waals surface area contributed by atoms with Gasteiger partial charge in [-0.25, -0.2) is 15.0 Å². The highest BCUT2D eigenvalue weighted by Gasteiger charge is 2.34. The Hall–Kier alpha value is -5.14. The van der Waals surface area contributed by atoms with E-state index >= 15 is 0 Å². The van der Waals surface area contributed by atoms with Gasteiger partial charge in [-0.2, -0.15) is 0 Å². The van der Waals surface area contributed by atoms with Gasteiger partial charge in [-0.1, -0.05) is 42.1 Å². The van der Waals surface area contributed by atoms with E-state index in [2.05, 4.69) is 15.3 Å². The van der Waals surface area contributed by atoms with Crippen LogP contribution in [0.15, 0.2) is 83.3 Å². The second-order valence-electron chi connectivity index (χ2n) is 11.5. The maximum Gasteiger partial charge on any atom is 0.251 e. The SMILES string of the molecule is COc1cc(C(C(=O)Nc2ccc(N(C)C)cc2)N(Cc2nc(-c3ccccc3)cs2)C(=O)CSc2nc(C)cc(C)n2)cc(OC)c1OC. The van der Waals surface area contributed by atoms with Crippen molar-refractivity contribution in [3.05, 3.63) is 100 Å². The molecule has 2 aromatic heterocycles. The third-order valence-corrected chi connectivity index (χ3v) is 9.41. The smallest absolute Gasteiger partial charge is 0.251 e. The summed E-state index contributed by atoms with van der Waals surface area (Å²) in [6.45, 7) is 3.82. The van der Waals surface area contributed by atoms with Gasteiger partial charge in [0.1, 0.15) is 11.0 Å². The summed E-state index contributed by atoms with van der Waals surface area (Å²) in [5.41, 5.74) is 5.35. The van der Waals surface area contributed by atoms with Gasteiger partial charge in [0.15, 0.2) is 16.7 Å². The number of rotatable bonds is 14. The molecule has 13 heteroatoms. The summed E-state index contributed by atoms with van der Waals surface area (Å²) in [5, 5.41) is 6.12. The number of ether oxygens (including phenoxy) is 3. The molecule has 0 aliphatic heterocycles. The molecule has 5 rings (SSSR count). The number of nitrogens with zero attached hydrogens (tertiary/aromatic N) is 5. The molecular weight excluding hydrogens is 673 g/mol. The number of hydrogen-bond donors (Lipinski definition) is 1. The Kier molecular flexibility index (Phi) is 11.9. The van der Waals surface area contributed by atoms with Crippen LogP contribution in [0.5, 0.6) is 17.2 Å². The van der Waals surface area contributed by atoms with Crippen molar-refractivity contribution in [2.45, 2.75) is 31.6 Å². The first-order valence-corrected chi connectivity index (χ1v) is 17.6. The maximum atomic E-state index is 14.5. The highest BCUT2D eigenvalue weighted by atomic mass is 32.2. The summed E-state index contributed by atoms with van der Waals surface area (Å²) in [6.07, 6.45) is 0. The van der Waals surface area contributed by atoms with Crippen LogP contribution in [0.1, 0.15) is 28.0 Å². The summed E-state index contributed by atoms with van der Waals surface area (Å²) in [4.78, 5) is 46.4. The van der Waals surface area contributed by atoms with Gasteiger partial charge >= 0.3 is 0 Å². The monoisotopic (exact) mass is 712 g/mol. The lowest BCUT2D eigenvalue weighted by atomic mass is 10.0. The number of carbonyl (C=O) groups excluding carboxylic acids is 2. The Morgan fingerprint density at radius 3 is 2.08 bits per heavy atom. The summed E-state index contributed by atoms with van der Waals surface area (Å²) >= 11 is 2.64. The van der Waals surface area contributed by atoms with Gasteiger partial charge < -0.3 is 29.3 Å². The largest absolute Gasteiger partial charge is 0.493 e. The van der Waals surface area contributed by atoms with Crippen molar-refractivity contribution in [3.8, 4) is 28.5 Å². The number of hydrogen-bond acceptors (Lipinski definition) is 11. The Balaban J connectivity index is 1.59. The summed E-state index contributed by atoms with van der Waals surface area (Å²) in [6, 6.07) is 21.4. The number of nitrogens with one attached hydrogen (secondary N) is 1. The van der Waals surface area contributed by atoms with Crippen LogP contribution in [0.25, 0.3) is 11.3 Å². The molecule has 2 heterocycles. The van der Waals surface area contributed by atoms with Crippen molar-refractivity contribution < 1.29 is 23.8 Å². The van der Waals surface area contributed by atoms with Crippen LogP contribution in [0.3, 0.4) is 0 Å². The van der Waals surface area contributed by atoms with Crippen LogP contribution in [-0.2, 0) is 16.1 Å². The third-order valence-electron chi connectivity index (χ3n) is 7.75. The molecule has 3 aromatic carbocycles. The molecule has 0 saturated carbocycles. The predicted octanol–water partition coefficient (Wildman–Crippen LogP) is 6.81. The zero-order valence-corrected chi connectivity index (χ0v) is 30.7. The molecule has 11 nitrogen and oxygen atoms in total. The van der Waals surface area contributed by atoms with Crippen molar-refractivity contribution >= 4 is 46.3 Å². The molecule has 0 fully saturated rings. The Morgan fingerprint density at radius 1 is 0.860 bits per heavy atom. The van der Waals surface area contributed by atoms with Crippen molar-refractivity contribution in [2.24, 2.45) is 0 Å². The predicted molar refractivity (Wildman–Crippen MR) is 199 cm³/mol. The fourth-order valence-electron chi connectivity index (χ4n) is 5.35. The number of aryl methyl sites for hydroxylation is 2. The topological polar surface area (TPSA) is 119 Å². The van der Waals surface area contributed by atoms with Crippen molar-refractivity contribution in [3.63, 3.8) is 0 Å². The Morgan fingerprint density at radius 2 is 1.50 bits per heavy atom. The molecule has 0 saturated heterocycles. The zero-order valence-electron chi connectivity index (χ0n) is 29.1. The molecule has 1 unspecified atom stereocenters. The highest BCUT2D eigenvalue weighted by Crippen LogP contribution is 2.41. The van der Waals surface area contributed by atoms with Crippen molar-refractivity contribution in [1.29, 1.82) is 0 Å². The fraction of sp³-hybridized carbons (Fsp3) is 0.270. The van der Waals surface area contributed by atoms with Crippen LogP contribution in [-0.4, -0.2) is 72.8 Å². The van der Waals surface area contributed by atoms with Crippen LogP contribution in [0.2, 0.25) is 0 Å². The average molecular weight is 713 g/mol. The maximum absolute atomic E-state index is 14.5. The van der Waals surface area contributed by atoms with Crippen LogP contribution >= 0.6 is 23.1 Å². The number of carbonyl (C=O) groups is 2. The number of thiazole rings is 1. The quantitative estimate of drug-likeness (QED) is 0.0972. The zero-order chi connectivity index (χ0) is 35.8. The van der Waals surface area contributed by atoms with Crippen LogP contribution < -0.4 is 24.4 Å². The van der Waals surface area contributed by atoms with Crippen molar-refractivity contribution in [1.82, 2.24) is 19.9 Å². The van der Waals surface area contributed by atoms with Gasteiger partial charge in [0.05, 0.1) is 39.3 Å². The van der Waals surface area contributed by atoms with E-state index < -0.39 is 11.9 Å². The van der Waals surface area contributed by atoms with Crippen LogP contribution in [0, 0.1) is 13.8 Å². The van der Waals surface area contributed by atoms with E-state index in [-0.39, 0.29) is 18.2 Å². The number of anilines is 2. The summed E-state index contributed by atoms with van der Waals surface area (Å²) in [7, 11) is 8.41. The Labute approximate surface area is 300 Å². The second-order valence-corrected chi connectivity index (χ2v) is 13.4. The first-order valence-electron chi connectivity index (χ1n) is 15.7. The summed E-state index contributed by atoms with van der Waals surface area (Å²) in [5.74, 6) is 0.293. The van der Waals surface area contributed by atoms with Gasteiger partial charge in [0.2, 0.25) is 11.7 Å². The van der Waals surface area contributed by atoms with E-state index in [9.17, 15) is 9.59 Å². The highest BCUT2D eigenvalue weighted by molar-refractivity contribution is 7.99. The molecule has 0 radical (unpaired) electrons. The summed E-state index contributed by atoms with van der Waals surface area (Å²) < 4.78 is 16.9. The van der Waals surface area contributed by atoms with E-state index in [1.54, 1.807) is 12.1 Å². The second kappa shape index (κ2) is 16.5. The first kappa shape index (κ1) is 36.1. The minimum atomic E-state index is -1.13. The lowest BCUT2D eigenvalue weighted by molar-refractivity contribution is -0.137. The molecule has 5 aromatic rings. The lowest BCUT2D eigenvalue weighted by Crippen LogP contribution is -2.42. The van der Waals surface area contributed by atoms with Gasteiger partial charge in [0.25, 0.3) is 5.91 Å². The van der Waals surface area contributed by atoms with E-state index in [0.29, 0.717) is 38.7 Å². The third kappa shape index (κ3) is 8.71. The molecular formula is C37H40N6O5S2. The number of aromatic nitrogens is 3. The van der Waals surface area contributed by atoms with E-state index in [0.717, 1.165) is 28.3 Å². The minimum absolute atomic E-state index is 0.0223. The van der Waals surface area contributed by atoms with Crippen molar-refractivity contribution in [2.75, 3.05) is 51.4 Å². The Bertz CT molecular complexity index is 1890. The molecule has 0 aliphatic rings. The number of thioether (sulfide) groups is 1. The normalized spacial score (nSPS) is 11.4. The van der Waals surface area contributed by atoms with Gasteiger partial charge in [-0.3, -0.25) is 9.59 Å². The van der Waals surface area contributed by atoms with E-state index in [1.807, 2.05) is 98.9 Å². The standard InChI is InChI=1S/C37H40N6O5S2/c1-23-17-24(2)39-37(38-23)50-22-33(44)43(20-32-41-29(21-49-32)25-11-9-8-10-12-25)34(26-18-30(46-5)35(48-7)31(19-26)47-6)36(45)40-27-13-15-28(16-14-27)42(3)4/h8-19,21,34H,20,22H2,1-7H3,(H,40,45). The lowest BCUT2D eigenvalue weighted by Gasteiger charge is -2.31. The number of amides is 2. The molecule has 0 spiro atoms. The number of methoxy groups -OCH3 is 3.